The van der Waals surface area contributed by atoms with Crippen molar-refractivity contribution in [3.63, 3.8) is 0 Å². The Morgan fingerprint density at radius 2 is 2.33 bits per heavy atom. The molecule has 0 saturated carbocycles. The molecule has 0 amide bonds. The molecule has 0 radical (unpaired) electrons. The van der Waals surface area contributed by atoms with E-state index in [9.17, 15) is 4.79 Å². The first kappa shape index (κ1) is 9.74. The minimum absolute atomic E-state index is 0.170. The van der Waals surface area contributed by atoms with Crippen molar-refractivity contribution in [1.29, 1.82) is 0 Å². The fourth-order valence-electron chi connectivity index (χ4n) is 0.659. The van der Waals surface area contributed by atoms with E-state index in [-0.39, 0.29) is 10.6 Å². The van der Waals surface area contributed by atoms with E-state index < -0.39 is 0 Å². The summed E-state index contributed by atoms with van der Waals surface area (Å²) in [6, 6.07) is 0. The third-order valence-corrected chi connectivity index (χ3v) is 2.74. The first-order chi connectivity index (χ1) is 5.61. The number of H-pyrrole nitrogens is 1. The second-order valence-corrected chi connectivity index (χ2v) is 4.57. The van der Waals surface area contributed by atoms with Crippen molar-refractivity contribution in [3.8, 4) is 0 Å². The maximum Gasteiger partial charge on any atom is 0.298 e. The van der Waals surface area contributed by atoms with Crippen molar-refractivity contribution >= 4 is 23.4 Å². The van der Waals surface area contributed by atoms with Crippen LogP contribution in [0.4, 0.5) is 0 Å². The van der Waals surface area contributed by atoms with Crippen LogP contribution in [0.3, 0.4) is 0 Å². The van der Waals surface area contributed by atoms with Crippen LogP contribution < -0.4 is 5.56 Å². The lowest BCUT2D eigenvalue weighted by molar-refractivity contribution is 0.390. The smallest absolute Gasteiger partial charge is 0.298 e. The Morgan fingerprint density at radius 3 is 2.75 bits per heavy atom. The highest BCUT2D eigenvalue weighted by Gasteiger charge is 2.10. The molecule has 1 N–H and O–H groups in total. The third-order valence-electron chi connectivity index (χ3n) is 1.26. The molecule has 0 unspecified atom stereocenters. The summed E-state index contributed by atoms with van der Waals surface area (Å²) in [4.78, 5) is 10.8. The lowest BCUT2D eigenvalue weighted by atomic mass is 10.5. The molecule has 0 aliphatic carbocycles. The molecule has 1 rings (SSSR count). The Bertz CT molecular complexity index is 305. The summed E-state index contributed by atoms with van der Waals surface area (Å²) >= 11 is 7.32. The van der Waals surface area contributed by atoms with Gasteiger partial charge in [-0.05, 0) is 5.25 Å². The van der Waals surface area contributed by atoms with E-state index in [1.165, 1.54) is 0 Å². The maximum atomic E-state index is 10.8. The summed E-state index contributed by atoms with van der Waals surface area (Å²) < 4.78 is 4.86. The second-order valence-electron chi connectivity index (χ2n) is 2.63. The SMILES string of the molecule is CC(C)SCc1o[nH]c(=O)c1Cl. The van der Waals surface area contributed by atoms with Gasteiger partial charge >= 0.3 is 0 Å². The highest BCUT2D eigenvalue weighted by Crippen LogP contribution is 2.20. The van der Waals surface area contributed by atoms with Gasteiger partial charge in [0.25, 0.3) is 5.56 Å². The number of nitrogens with one attached hydrogen (secondary N) is 1. The lowest BCUT2D eigenvalue weighted by Crippen LogP contribution is -1.97. The van der Waals surface area contributed by atoms with E-state index >= 15 is 0 Å². The Hall–Kier alpha value is -0.350. The average Bonchev–Trinajstić information content (AvgIpc) is 2.30. The molecule has 3 nitrogen and oxygen atoms in total. The van der Waals surface area contributed by atoms with Gasteiger partial charge in [0.2, 0.25) is 0 Å². The molecular weight excluding hydrogens is 198 g/mol. The molecule has 0 fully saturated rings. The topological polar surface area (TPSA) is 46.0 Å². The summed E-state index contributed by atoms with van der Waals surface area (Å²) in [5.74, 6) is 1.16. The zero-order chi connectivity index (χ0) is 9.14. The van der Waals surface area contributed by atoms with Gasteiger partial charge in [-0.25, -0.2) is 0 Å². The zero-order valence-electron chi connectivity index (χ0n) is 6.89. The molecule has 0 aliphatic rings. The molecule has 1 aromatic rings. The van der Waals surface area contributed by atoms with Crippen molar-refractivity contribution < 1.29 is 4.52 Å². The molecule has 0 bridgehead atoms. The molecule has 5 heteroatoms. The number of thioether (sulfide) groups is 1. The predicted octanol–water partition coefficient (Wildman–Crippen LogP) is 2.26. The van der Waals surface area contributed by atoms with Crippen LogP contribution in [-0.2, 0) is 5.75 Å². The Morgan fingerprint density at radius 1 is 1.67 bits per heavy atom. The molecule has 0 aromatic carbocycles. The van der Waals surface area contributed by atoms with Crippen LogP contribution in [0.15, 0.2) is 9.32 Å². The summed E-state index contributed by atoms with van der Waals surface area (Å²) in [5, 5.41) is 2.86. The second kappa shape index (κ2) is 4.05. The summed E-state index contributed by atoms with van der Waals surface area (Å²) in [6.07, 6.45) is 0. The fourth-order valence-corrected chi connectivity index (χ4v) is 1.57. The van der Waals surface area contributed by atoms with E-state index in [2.05, 4.69) is 19.0 Å². The molecule has 68 valence electrons. The summed E-state index contributed by atoms with van der Waals surface area (Å²) in [5.41, 5.74) is -0.351. The first-order valence-corrected chi connectivity index (χ1v) is 5.01. The third kappa shape index (κ3) is 2.32. The van der Waals surface area contributed by atoms with Gasteiger partial charge in [-0.3, -0.25) is 4.79 Å². The van der Waals surface area contributed by atoms with Crippen molar-refractivity contribution in [2.45, 2.75) is 24.9 Å². The Kier molecular flexibility index (Phi) is 3.29. The van der Waals surface area contributed by atoms with Crippen LogP contribution >= 0.6 is 23.4 Å². The highest BCUT2D eigenvalue weighted by molar-refractivity contribution is 7.99. The van der Waals surface area contributed by atoms with Crippen molar-refractivity contribution in [3.05, 3.63) is 21.1 Å². The lowest BCUT2D eigenvalue weighted by Gasteiger charge is -2.00. The number of hydrogen-bond acceptors (Lipinski definition) is 3. The van der Waals surface area contributed by atoms with Gasteiger partial charge in [-0.15, -0.1) is 0 Å². The van der Waals surface area contributed by atoms with E-state index in [1.54, 1.807) is 11.8 Å². The van der Waals surface area contributed by atoms with Gasteiger partial charge in [-0.1, -0.05) is 25.4 Å². The van der Waals surface area contributed by atoms with E-state index in [0.29, 0.717) is 16.8 Å². The van der Waals surface area contributed by atoms with Crippen LogP contribution in [0.5, 0.6) is 0 Å². The van der Waals surface area contributed by atoms with Crippen LogP contribution in [0.25, 0.3) is 0 Å². The molecule has 0 spiro atoms. The summed E-state index contributed by atoms with van der Waals surface area (Å²) in [7, 11) is 0. The van der Waals surface area contributed by atoms with Crippen molar-refractivity contribution in [1.82, 2.24) is 5.16 Å². The largest absolute Gasteiger partial charge is 0.381 e. The number of hydrogen-bond donors (Lipinski definition) is 1. The van der Waals surface area contributed by atoms with Crippen LogP contribution in [0.2, 0.25) is 5.02 Å². The molecule has 12 heavy (non-hydrogen) atoms. The molecule has 0 aliphatic heterocycles. The van der Waals surface area contributed by atoms with Crippen LogP contribution in [0, 0.1) is 0 Å². The molecule has 0 saturated heterocycles. The number of aromatic amines is 1. The monoisotopic (exact) mass is 207 g/mol. The quantitative estimate of drug-likeness (QED) is 0.827. The average molecular weight is 208 g/mol. The minimum Gasteiger partial charge on any atom is -0.381 e. The highest BCUT2D eigenvalue weighted by atomic mass is 35.5. The van der Waals surface area contributed by atoms with Gasteiger partial charge in [0.15, 0.2) is 10.8 Å². The fraction of sp³-hybridized carbons (Fsp3) is 0.571. The van der Waals surface area contributed by atoms with E-state index in [0.717, 1.165) is 0 Å². The molecule has 1 aromatic heterocycles. The number of aromatic nitrogens is 1. The predicted molar refractivity (Wildman–Crippen MR) is 50.8 cm³/mol. The molecule has 1 heterocycles. The molecular formula is C7H10ClNO2S. The summed E-state index contributed by atoms with van der Waals surface area (Å²) in [6.45, 7) is 4.15. The minimum atomic E-state index is -0.351. The van der Waals surface area contributed by atoms with Crippen LogP contribution in [-0.4, -0.2) is 10.4 Å². The molecule has 0 atom stereocenters. The van der Waals surface area contributed by atoms with Crippen molar-refractivity contribution in [2.75, 3.05) is 0 Å². The van der Waals surface area contributed by atoms with Crippen LogP contribution in [0.1, 0.15) is 19.6 Å². The van der Waals surface area contributed by atoms with Gasteiger partial charge in [-0.2, -0.15) is 16.9 Å². The van der Waals surface area contributed by atoms with E-state index in [1.807, 2.05) is 0 Å². The van der Waals surface area contributed by atoms with Gasteiger partial charge in [0.05, 0.1) is 5.75 Å². The maximum absolute atomic E-state index is 10.8. The first-order valence-electron chi connectivity index (χ1n) is 3.58. The Balaban J connectivity index is 2.64. The zero-order valence-corrected chi connectivity index (χ0v) is 8.46. The Labute approximate surface area is 79.4 Å². The number of rotatable bonds is 3. The van der Waals surface area contributed by atoms with Crippen molar-refractivity contribution in [2.24, 2.45) is 0 Å². The van der Waals surface area contributed by atoms with Gasteiger partial charge < -0.3 is 4.52 Å². The normalized spacial score (nSPS) is 11.0. The standard InChI is InChI=1S/C7H10ClNO2S/c1-4(2)12-3-5-6(8)7(10)9-11-5/h4H,3H2,1-2H3,(H,9,10). The number of halogens is 1. The van der Waals surface area contributed by atoms with Gasteiger partial charge in [0, 0.05) is 0 Å². The van der Waals surface area contributed by atoms with E-state index in [4.69, 9.17) is 16.1 Å². The van der Waals surface area contributed by atoms with Gasteiger partial charge in [0.1, 0.15) is 0 Å².